The Labute approximate surface area is 75.7 Å². The minimum absolute atomic E-state index is 0.518. The summed E-state index contributed by atoms with van der Waals surface area (Å²) in [7, 11) is 0. The molecule has 12 heavy (non-hydrogen) atoms. The molecular formula is C11H21N. The van der Waals surface area contributed by atoms with E-state index in [4.69, 9.17) is 5.73 Å². The zero-order valence-electron chi connectivity index (χ0n) is 8.13. The van der Waals surface area contributed by atoms with E-state index in [0.29, 0.717) is 6.04 Å². The molecule has 0 bridgehead atoms. The smallest absolute Gasteiger partial charge is 0.00956 e. The topological polar surface area (TPSA) is 26.0 Å². The van der Waals surface area contributed by atoms with Crippen LogP contribution in [0, 0.1) is 17.8 Å². The van der Waals surface area contributed by atoms with Gasteiger partial charge in [0.2, 0.25) is 0 Å². The van der Waals surface area contributed by atoms with Crippen molar-refractivity contribution >= 4 is 0 Å². The number of fused-ring (bicyclic) bond motifs is 1. The predicted octanol–water partition coefficient (Wildman–Crippen LogP) is 2.55. The van der Waals surface area contributed by atoms with Gasteiger partial charge in [0.1, 0.15) is 0 Å². The van der Waals surface area contributed by atoms with Crippen LogP contribution in [0.2, 0.25) is 0 Å². The van der Waals surface area contributed by atoms with Crippen molar-refractivity contribution < 1.29 is 0 Å². The van der Waals surface area contributed by atoms with E-state index < -0.39 is 0 Å². The molecule has 2 rings (SSSR count). The van der Waals surface area contributed by atoms with Crippen LogP contribution >= 0.6 is 0 Å². The molecule has 0 spiro atoms. The molecule has 0 aromatic carbocycles. The molecule has 2 aliphatic carbocycles. The number of nitrogens with two attached hydrogens (primary N) is 1. The van der Waals surface area contributed by atoms with Gasteiger partial charge in [-0.25, -0.2) is 0 Å². The van der Waals surface area contributed by atoms with E-state index in [1.807, 2.05) is 0 Å². The third-order valence-electron chi connectivity index (χ3n) is 4.11. The summed E-state index contributed by atoms with van der Waals surface area (Å²) in [5.41, 5.74) is 6.23. The molecule has 0 aliphatic heterocycles. The van der Waals surface area contributed by atoms with Crippen LogP contribution in [0.15, 0.2) is 0 Å². The highest BCUT2D eigenvalue weighted by Crippen LogP contribution is 2.41. The van der Waals surface area contributed by atoms with Gasteiger partial charge in [-0.2, -0.15) is 0 Å². The van der Waals surface area contributed by atoms with Gasteiger partial charge in [0, 0.05) is 6.04 Å². The molecule has 2 fully saturated rings. The summed E-state index contributed by atoms with van der Waals surface area (Å²) >= 11 is 0. The molecule has 0 aromatic heterocycles. The summed E-state index contributed by atoms with van der Waals surface area (Å²) in [6, 6.07) is 0.518. The van der Waals surface area contributed by atoms with Crippen molar-refractivity contribution in [2.24, 2.45) is 23.5 Å². The summed E-state index contributed by atoms with van der Waals surface area (Å²) in [6.45, 7) is 2.33. The summed E-state index contributed by atoms with van der Waals surface area (Å²) in [5.74, 6) is 2.65. The van der Waals surface area contributed by atoms with Crippen LogP contribution in [0.25, 0.3) is 0 Å². The summed E-state index contributed by atoms with van der Waals surface area (Å²) in [4.78, 5) is 0. The van der Waals surface area contributed by atoms with E-state index in [1.54, 1.807) is 0 Å². The van der Waals surface area contributed by atoms with Crippen LogP contribution in [0.1, 0.15) is 45.4 Å². The lowest BCUT2D eigenvalue weighted by molar-refractivity contribution is 0.109. The second-order valence-electron chi connectivity index (χ2n) is 4.84. The molecule has 2 aliphatic rings. The minimum Gasteiger partial charge on any atom is -0.327 e. The Morgan fingerprint density at radius 1 is 1.00 bits per heavy atom. The molecule has 70 valence electrons. The maximum atomic E-state index is 6.23. The first-order chi connectivity index (χ1) is 5.79. The zero-order chi connectivity index (χ0) is 8.55. The Kier molecular flexibility index (Phi) is 2.40. The molecule has 0 unspecified atom stereocenters. The molecule has 0 heterocycles. The van der Waals surface area contributed by atoms with Crippen molar-refractivity contribution in [3.8, 4) is 0 Å². The minimum atomic E-state index is 0.518. The second-order valence-corrected chi connectivity index (χ2v) is 4.84. The fourth-order valence-corrected chi connectivity index (χ4v) is 3.19. The maximum Gasteiger partial charge on any atom is 0.00956 e. The quantitative estimate of drug-likeness (QED) is 0.589. The van der Waals surface area contributed by atoms with Gasteiger partial charge in [0.15, 0.2) is 0 Å². The van der Waals surface area contributed by atoms with Crippen molar-refractivity contribution in [3.63, 3.8) is 0 Å². The summed E-state index contributed by atoms with van der Waals surface area (Å²) in [6.07, 6.45) is 8.60. The molecular weight excluding hydrogens is 146 g/mol. The van der Waals surface area contributed by atoms with Crippen molar-refractivity contribution in [3.05, 3.63) is 0 Å². The van der Waals surface area contributed by atoms with Gasteiger partial charge in [0.25, 0.3) is 0 Å². The predicted molar refractivity (Wildman–Crippen MR) is 51.8 cm³/mol. The van der Waals surface area contributed by atoms with Crippen LogP contribution < -0.4 is 5.73 Å². The van der Waals surface area contributed by atoms with Crippen molar-refractivity contribution in [2.75, 3.05) is 0 Å². The average Bonchev–Trinajstić information content (AvgIpc) is 2.12. The highest BCUT2D eigenvalue weighted by Gasteiger charge is 2.36. The van der Waals surface area contributed by atoms with E-state index in [9.17, 15) is 0 Å². The van der Waals surface area contributed by atoms with E-state index in [2.05, 4.69) is 6.92 Å². The fourth-order valence-electron chi connectivity index (χ4n) is 3.19. The van der Waals surface area contributed by atoms with Gasteiger partial charge < -0.3 is 5.73 Å². The van der Waals surface area contributed by atoms with Crippen LogP contribution in [-0.4, -0.2) is 6.04 Å². The first kappa shape index (κ1) is 8.55. The molecule has 4 atom stereocenters. The van der Waals surface area contributed by atoms with Gasteiger partial charge in [0.05, 0.1) is 0 Å². The SMILES string of the molecule is C[C@H]1CC[C@@H]2CCCC[C@@H]2[C@@H]1N. The summed E-state index contributed by atoms with van der Waals surface area (Å²) in [5, 5.41) is 0. The van der Waals surface area contributed by atoms with Gasteiger partial charge in [-0.15, -0.1) is 0 Å². The molecule has 1 nitrogen and oxygen atoms in total. The van der Waals surface area contributed by atoms with Gasteiger partial charge in [-0.1, -0.05) is 26.2 Å². The van der Waals surface area contributed by atoms with Gasteiger partial charge in [-0.3, -0.25) is 0 Å². The third-order valence-corrected chi connectivity index (χ3v) is 4.11. The average molecular weight is 167 g/mol. The van der Waals surface area contributed by atoms with E-state index in [0.717, 1.165) is 17.8 Å². The van der Waals surface area contributed by atoms with Crippen LogP contribution in [0.3, 0.4) is 0 Å². The maximum absolute atomic E-state index is 6.23. The lowest BCUT2D eigenvalue weighted by Crippen LogP contribution is -2.45. The molecule has 0 aromatic rings. The highest BCUT2D eigenvalue weighted by atomic mass is 14.7. The van der Waals surface area contributed by atoms with Crippen LogP contribution in [0.4, 0.5) is 0 Å². The largest absolute Gasteiger partial charge is 0.327 e. The van der Waals surface area contributed by atoms with Crippen LogP contribution in [-0.2, 0) is 0 Å². The lowest BCUT2D eigenvalue weighted by Gasteiger charge is -2.43. The standard InChI is InChI=1S/C11H21N/c1-8-6-7-9-4-2-3-5-10(9)11(8)12/h8-11H,2-7,12H2,1H3/t8-,9-,10-,11+/m0/s1. The Morgan fingerprint density at radius 2 is 1.75 bits per heavy atom. The molecule has 0 amide bonds. The van der Waals surface area contributed by atoms with Crippen molar-refractivity contribution in [2.45, 2.75) is 51.5 Å². The zero-order valence-corrected chi connectivity index (χ0v) is 8.13. The molecule has 2 N–H and O–H groups in total. The van der Waals surface area contributed by atoms with Crippen molar-refractivity contribution in [1.82, 2.24) is 0 Å². The Balaban J connectivity index is 2.03. The van der Waals surface area contributed by atoms with E-state index in [1.165, 1.54) is 38.5 Å². The number of hydrogen-bond donors (Lipinski definition) is 1. The second kappa shape index (κ2) is 3.37. The molecule has 0 saturated heterocycles. The molecule has 0 radical (unpaired) electrons. The number of rotatable bonds is 0. The Bertz CT molecular complexity index is 153. The lowest BCUT2D eigenvalue weighted by atomic mass is 9.65. The molecule has 2 saturated carbocycles. The third kappa shape index (κ3) is 1.39. The van der Waals surface area contributed by atoms with Gasteiger partial charge in [-0.05, 0) is 37.0 Å². The first-order valence-corrected chi connectivity index (χ1v) is 5.54. The summed E-state index contributed by atoms with van der Waals surface area (Å²) < 4.78 is 0. The van der Waals surface area contributed by atoms with Crippen LogP contribution in [0.5, 0.6) is 0 Å². The van der Waals surface area contributed by atoms with Gasteiger partial charge >= 0.3 is 0 Å². The first-order valence-electron chi connectivity index (χ1n) is 5.54. The monoisotopic (exact) mass is 167 g/mol. The highest BCUT2D eigenvalue weighted by molar-refractivity contribution is 4.90. The number of hydrogen-bond acceptors (Lipinski definition) is 1. The molecule has 1 heteroatoms. The normalized spacial score (nSPS) is 48.5. The van der Waals surface area contributed by atoms with Crippen molar-refractivity contribution in [1.29, 1.82) is 0 Å². The Morgan fingerprint density at radius 3 is 2.58 bits per heavy atom. The van der Waals surface area contributed by atoms with E-state index in [-0.39, 0.29) is 0 Å². The fraction of sp³-hybridized carbons (Fsp3) is 1.00. The van der Waals surface area contributed by atoms with E-state index >= 15 is 0 Å². The Hall–Kier alpha value is -0.0400.